The lowest BCUT2D eigenvalue weighted by Crippen LogP contribution is -2.30. The number of nitrogens with zero attached hydrogens (tertiary/aromatic N) is 1. The number of rotatable bonds is 5. The third-order valence-corrected chi connectivity index (χ3v) is 4.20. The molecule has 0 aliphatic carbocycles. The molecule has 3 rings (SSSR count). The minimum Gasteiger partial charge on any atom is -0.342 e. The molecule has 0 aliphatic rings. The number of imidazole rings is 1. The SMILES string of the molecule is CC(C)C[C@H](NC(=O)c1ccccc1Cl)c1nc2ccccc2[nH]1. The molecule has 124 valence electrons. The van der Waals surface area contributed by atoms with Gasteiger partial charge >= 0.3 is 0 Å². The standard InChI is InChI=1S/C19H20ClN3O/c1-12(2)11-17(18-21-15-9-5-6-10-16(15)22-18)23-19(24)13-7-3-4-8-14(13)20/h3-10,12,17H,11H2,1-2H3,(H,21,22)(H,23,24)/t17-/m0/s1. The molecule has 1 heterocycles. The maximum Gasteiger partial charge on any atom is 0.253 e. The number of hydrogen-bond donors (Lipinski definition) is 2. The molecule has 1 amide bonds. The van der Waals surface area contributed by atoms with Crippen LogP contribution in [0.1, 0.15) is 42.5 Å². The first-order valence-corrected chi connectivity index (χ1v) is 8.42. The van der Waals surface area contributed by atoms with Crippen LogP contribution in [0.4, 0.5) is 0 Å². The van der Waals surface area contributed by atoms with E-state index in [1.165, 1.54) is 0 Å². The number of carbonyl (C=O) groups is 1. The van der Waals surface area contributed by atoms with Crippen LogP contribution in [0.2, 0.25) is 5.02 Å². The van der Waals surface area contributed by atoms with E-state index < -0.39 is 0 Å². The van der Waals surface area contributed by atoms with Crippen molar-refractivity contribution in [2.24, 2.45) is 5.92 Å². The van der Waals surface area contributed by atoms with Crippen LogP contribution in [0.25, 0.3) is 11.0 Å². The van der Waals surface area contributed by atoms with Gasteiger partial charge in [0.15, 0.2) is 0 Å². The van der Waals surface area contributed by atoms with E-state index in [0.717, 1.165) is 23.3 Å². The van der Waals surface area contributed by atoms with Crippen molar-refractivity contribution in [3.8, 4) is 0 Å². The summed E-state index contributed by atoms with van der Waals surface area (Å²) in [6.45, 7) is 4.24. The molecular formula is C19H20ClN3O. The summed E-state index contributed by atoms with van der Waals surface area (Å²) < 4.78 is 0. The van der Waals surface area contributed by atoms with E-state index in [9.17, 15) is 4.79 Å². The molecule has 0 saturated carbocycles. The molecule has 2 N–H and O–H groups in total. The van der Waals surface area contributed by atoms with Crippen molar-refractivity contribution in [3.63, 3.8) is 0 Å². The molecule has 0 radical (unpaired) electrons. The van der Waals surface area contributed by atoms with Crippen LogP contribution >= 0.6 is 11.6 Å². The van der Waals surface area contributed by atoms with Crippen molar-refractivity contribution in [2.75, 3.05) is 0 Å². The van der Waals surface area contributed by atoms with Crippen LogP contribution in [0, 0.1) is 5.92 Å². The van der Waals surface area contributed by atoms with Crippen LogP contribution in [-0.4, -0.2) is 15.9 Å². The second-order valence-electron chi connectivity index (χ2n) is 6.27. The van der Waals surface area contributed by atoms with Crippen LogP contribution in [0.5, 0.6) is 0 Å². The summed E-state index contributed by atoms with van der Waals surface area (Å²) in [7, 11) is 0. The number of carbonyl (C=O) groups excluding carboxylic acids is 1. The summed E-state index contributed by atoms with van der Waals surface area (Å²) in [6, 6.07) is 14.7. The number of aromatic nitrogens is 2. The van der Waals surface area contributed by atoms with Gasteiger partial charge in [-0.15, -0.1) is 0 Å². The Bertz CT molecular complexity index is 823. The number of amides is 1. The number of hydrogen-bond acceptors (Lipinski definition) is 2. The van der Waals surface area contributed by atoms with Gasteiger partial charge in [0.1, 0.15) is 5.82 Å². The highest BCUT2D eigenvalue weighted by molar-refractivity contribution is 6.33. The largest absolute Gasteiger partial charge is 0.342 e. The van der Waals surface area contributed by atoms with Gasteiger partial charge in [-0.2, -0.15) is 0 Å². The zero-order valence-electron chi connectivity index (χ0n) is 13.7. The molecule has 0 saturated heterocycles. The molecule has 1 aromatic heterocycles. The summed E-state index contributed by atoms with van der Waals surface area (Å²) >= 11 is 6.13. The lowest BCUT2D eigenvalue weighted by atomic mass is 10.0. The summed E-state index contributed by atoms with van der Waals surface area (Å²) in [5.41, 5.74) is 2.34. The van der Waals surface area contributed by atoms with Crippen molar-refractivity contribution in [1.29, 1.82) is 0 Å². The fourth-order valence-corrected chi connectivity index (χ4v) is 2.95. The molecule has 0 bridgehead atoms. The van der Waals surface area contributed by atoms with Crippen LogP contribution < -0.4 is 5.32 Å². The fraction of sp³-hybridized carbons (Fsp3) is 0.263. The van der Waals surface area contributed by atoms with E-state index in [1.807, 2.05) is 30.3 Å². The van der Waals surface area contributed by atoms with Gasteiger partial charge in [-0.3, -0.25) is 4.79 Å². The number of fused-ring (bicyclic) bond motifs is 1. The molecule has 0 aliphatic heterocycles. The van der Waals surface area contributed by atoms with E-state index in [-0.39, 0.29) is 11.9 Å². The maximum absolute atomic E-state index is 12.6. The first kappa shape index (κ1) is 16.5. The van der Waals surface area contributed by atoms with Gasteiger partial charge in [0, 0.05) is 0 Å². The van der Waals surface area contributed by atoms with Crippen molar-refractivity contribution < 1.29 is 4.79 Å². The Balaban J connectivity index is 1.89. The smallest absolute Gasteiger partial charge is 0.253 e. The van der Waals surface area contributed by atoms with E-state index in [2.05, 4.69) is 29.1 Å². The molecule has 3 aromatic rings. The third-order valence-electron chi connectivity index (χ3n) is 3.87. The number of H-pyrrole nitrogens is 1. The van der Waals surface area contributed by atoms with E-state index in [0.29, 0.717) is 16.5 Å². The third kappa shape index (κ3) is 3.60. The molecule has 5 heteroatoms. The average molecular weight is 342 g/mol. The zero-order chi connectivity index (χ0) is 17.1. The number of nitrogens with one attached hydrogen (secondary N) is 2. The quantitative estimate of drug-likeness (QED) is 0.704. The lowest BCUT2D eigenvalue weighted by molar-refractivity contribution is 0.0930. The molecular weight excluding hydrogens is 322 g/mol. The van der Waals surface area contributed by atoms with Crippen LogP contribution in [-0.2, 0) is 0 Å². The molecule has 24 heavy (non-hydrogen) atoms. The molecule has 4 nitrogen and oxygen atoms in total. The Morgan fingerprint density at radius 3 is 2.58 bits per heavy atom. The highest BCUT2D eigenvalue weighted by Crippen LogP contribution is 2.23. The maximum atomic E-state index is 12.6. The minimum atomic E-state index is -0.193. The Kier molecular flexibility index (Phi) is 4.86. The number of aromatic amines is 1. The first-order chi connectivity index (χ1) is 11.5. The van der Waals surface area contributed by atoms with Gasteiger partial charge in [-0.25, -0.2) is 4.98 Å². The van der Waals surface area contributed by atoms with Crippen LogP contribution in [0.15, 0.2) is 48.5 Å². The van der Waals surface area contributed by atoms with Gasteiger partial charge in [-0.05, 0) is 36.6 Å². The molecule has 1 atom stereocenters. The Hall–Kier alpha value is -2.33. The fourth-order valence-electron chi connectivity index (χ4n) is 2.73. The minimum absolute atomic E-state index is 0.188. The van der Waals surface area contributed by atoms with Gasteiger partial charge in [0.05, 0.1) is 27.7 Å². The van der Waals surface area contributed by atoms with Crippen molar-refractivity contribution in [1.82, 2.24) is 15.3 Å². The number of benzene rings is 2. The Morgan fingerprint density at radius 2 is 1.88 bits per heavy atom. The average Bonchev–Trinajstić information content (AvgIpc) is 2.98. The second kappa shape index (κ2) is 7.05. The van der Waals surface area contributed by atoms with Gasteiger partial charge < -0.3 is 10.3 Å². The number of para-hydroxylation sites is 2. The first-order valence-electron chi connectivity index (χ1n) is 8.04. The number of halogens is 1. The Labute approximate surface area is 146 Å². The monoisotopic (exact) mass is 341 g/mol. The molecule has 0 unspecified atom stereocenters. The predicted octanol–water partition coefficient (Wildman–Crippen LogP) is 4.73. The van der Waals surface area contributed by atoms with Crippen molar-refractivity contribution in [3.05, 3.63) is 64.9 Å². The van der Waals surface area contributed by atoms with Gasteiger partial charge in [0.25, 0.3) is 5.91 Å². The zero-order valence-corrected chi connectivity index (χ0v) is 14.5. The predicted molar refractivity (Wildman–Crippen MR) is 97.2 cm³/mol. The second-order valence-corrected chi connectivity index (χ2v) is 6.68. The lowest BCUT2D eigenvalue weighted by Gasteiger charge is -2.19. The van der Waals surface area contributed by atoms with Gasteiger partial charge in [0.2, 0.25) is 0 Å². The van der Waals surface area contributed by atoms with E-state index in [4.69, 9.17) is 11.6 Å². The normalized spacial score (nSPS) is 12.5. The summed E-state index contributed by atoms with van der Waals surface area (Å²) in [6.07, 6.45) is 0.788. The Morgan fingerprint density at radius 1 is 1.17 bits per heavy atom. The van der Waals surface area contributed by atoms with E-state index in [1.54, 1.807) is 18.2 Å². The highest BCUT2D eigenvalue weighted by Gasteiger charge is 2.21. The summed E-state index contributed by atoms with van der Waals surface area (Å²) in [5, 5.41) is 3.51. The topological polar surface area (TPSA) is 57.8 Å². The molecule has 2 aromatic carbocycles. The van der Waals surface area contributed by atoms with Gasteiger partial charge in [-0.1, -0.05) is 49.7 Å². The molecule has 0 fully saturated rings. The highest BCUT2D eigenvalue weighted by atomic mass is 35.5. The molecule has 0 spiro atoms. The van der Waals surface area contributed by atoms with Crippen LogP contribution in [0.3, 0.4) is 0 Å². The van der Waals surface area contributed by atoms with E-state index >= 15 is 0 Å². The summed E-state index contributed by atoms with van der Waals surface area (Å²) in [5.74, 6) is 0.992. The van der Waals surface area contributed by atoms with Crippen molar-refractivity contribution in [2.45, 2.75) is 26.3 Å². The summed E-state index contributed by atoms with van der Waals surface area (Å²) in [4.78, 5) is 20.6. The van der Waals surface area contributed by atoms with Crippen molar-refractivity contribution >= 4 is 28.5 Å².